The standard InChI is InChI=1S/C19H23NOS2/c21-18(14-23-16-10-5-2-6-11-16)20-19(17-12-7-13-22-17)15-8-3-1-4-9-15/h1,3-4,7-9,12-13,16,19H,2,5-6,10-11,14H2,(H,20,21)/t19-/m0/s1. The van der Waals surface area contributed by atoms with Crippen molar-refractivity contribution >= 4 is 29.0 Å². The van der Waals surface area contributed by atoms with Crippen molar-refractivity contribution in [2.24, 2.45) is 0 Å². The molecule has 2 aromatic rings. The van der Waals surface area contributed by atoms with Crippen LogP contribution >= 0.6 is 23.1 Å². The Hall–Kier alpha value is -1.26. The molecule has 1 amide bonds. The molecule has 1 aromatic heterocycles. The minimum atomic E-state index is -0.0318. The van der Waals surface area contributed by atoms with Gasteiger partial charge in [0.1, 0.15) is 0 Å². The van der Waals surface area contributed by atoms with Gasteiger partial charge in [-0.05, 0) is 29.9 Å². The molecule has 1 aliphatic carbocycles. The molecule has 0 saturated heterocycles. The number of benzene rings is 1. The monoisotopic (exact) mass is 345 g/mol. The molecule has 1 heterocycles. The highest BCUT2D eigenvalue weighted by atomic mass is 32.2. The molecular weight excluding hydrogens is 322 g/mol. The van der Waals surface area contributed by atoms with Crippen LogP contribution in [0.25, 0.3) is 0 Å². The zero-order valence-electron chi connectivity index (χ0n) is 13.2. The summed E-state index contributed by atoms with van der Waals surface area (Å²) >= 11 is 3.52. The fourth-order valence-corrected chi connectivity index (χ4v) is 4.99. The Bertz CT molecular complexity index is 591. The molecule has 1 saturated carbocycles. The molecule has 0 bridgehead atoms. The number of hydrogen-bond donors (Lipinski definition) is 1. The second-order valence-electron chi connectivity index (χ2n) is 6.00. The van der Waals surface area contributed by atoms with Crippen molar-refractivity contribution in [1.29, 1.82) is 0 Å². The second-order valence-corrected chi connectivity index (χ2v) is 8.27. The summed E-state index contributed by atoms with van der Waals surface area (Å²) in [5.41, 5.74) is 1.14. The summed E-state index contributed by atoms with van der Waals surface area (Å²) in [6.45, 7) is 0. The van der Waals surface area contributed by atoms with E-state index in [-0.39, 0.29) is 11.9 Å². The van der Waals surface area contributed by atoms with Gasteiger partial charge in [-0.3, -0.25) is 4.79 Å². The minimum Gasteiger partial charge on any atom is -0.344 e. The number of carbonyl (C=O) groups excluding carboxylic acids is 1. The lowest BCUT2D eigenvalue weighted by atomic mass is 10.0. The maximum absolute atomic E-state index is 12.4. The number of hydrogen-bond acceptors (Lipinski definition) is 3. The van der Waals surface area contributed by atoms with Crippen molar-refractivity contribution in [3.05, 3.63) is 58.3 Å². The molecule has 0 unspecified atom stereocenters. The number of carbonyl (C=O) groups is 1. The van der Waals surface area contributed by atoms with Crippen LogP contribution in [-0.2, 0) is 4.79 Å². The van der Waals surface area contributed by atoms with Crippen molar-refractivity contribution in [3.63, 3.8) is 0 Å². The fraction of sp³-hybridized carbons (Fsp3) is 0.421. The number of thioether (sulfide) groups is 1. The zero-order chi connectivity index (χ0) is 15.9. The van der Waals surface area contributed by atoms with Crippen LogP contribution < -0.4 is 5.32 Å². The highest BCUT2D eigenvalue weighted by Gasteiger charge is 2.19. The van der Waals surface area contributed by atoms with Gasteiger partial charge in [0.25, 0.3) is 0 Å². The summed E-state index contributed by atoms with van der Waals surface area (Å²) < 4.78 is 0. The molecule has 0 radical (unpaired) electrons. The van der Waals surface area contributed by atoms with E-state index in [4.69, 9.17) is 0 Å². The summed E-state index contributed by atoms with van der Waals surface area (Å²) in [6.07, 6.45) is 6.54. The minimum absolute atomic E-state index is 0.0318. The largest absolute Gasteiger partial charge is 0.344 e. The third kappa shape index (κ3) is 4.85. The molecule has 0 aliphatic heterocycles. The molecule has 1 aromatic carbocycles. The third-order valence-electron chi connectivity index (χ3n) is 4.27. The summed E-state index contributed by atoms with van der Waals surface area (Å²) in [6, 6.07) is 14.3. The van der Waals surface area contributed by atoms with Crippen LogP contribution in [-0.4, -0.2) is 16.9 Å². The molecule has 1 atom stereocenters. The van der Waals surface area contributed by atoms with E-state index in [1.54, 1.807) is 11.3 Å². The van der Waals surface area contributed by atoms with Gasteiger partial charge < -0.3 is 5.32 Å². The quantitative estimate of drug-likeness (QED) is 0.796. The van der Waals surface area contributed by atoms with Gasteiger partial charge in [-0.2, -0.15) is 0 Å². The zero-order valence-corrected chi connectivity index (χ0v) is 14.9. The van der Waals surface area contributed by atoms with Crippen LogP contribution in [0.1, 0.15) is 48.6 Å². The van der Waals surface area contributed by atoms with Crippen molar-refractivity contribution in [1.82, 2.24) is 5.32 Å². The molecule has 0 spiro atoms. The highest BCUT2D eigenvalue weighted by Crippen LogP contribution is 2.29. The van der Waals surface area contributed by atoms with Crippen LogP contribution in [0.3, 0.4) is 0 Å². The van der Waals surface area contributed by atoms with Gasteiger partial charge in [0.15, 0.2) is 0 Å². The van der Waals surface area contributed by atoms with Gasteiger partial charge in [-0.1, -0.05) is 55.7 Å². The Morgan fingerprint density at radius 3 is 2.61 bits per heavy atom. The SMILES string of the molecule is O=C(CSC1CCCCC1)N[C@@H](c1ccccc1)c1cccs1. The molecule has 23 heavy (non-hydrogen) atoms. The van der Waals surface area contributed by atoms with Crippen molar-refractivity contribution in [3.8, 4) is 0 Å². The van der Waals surface area contributed by atoms with Crippen molar-refractivity contribution in [2.45, 2.75) is 43.4 Å². The molecule has 1 N–H and O–H groups in total. The first-order valence-corrected chi connectivity index (χ1v) is 10.2. The summed E-state index contributed by atoms with van der Waals surface area (Å²) in [4.78, 5) is 13.6. The third-order valence-corrected chi connectivity index (χ3v) is 6.58. The van der Waals surface area contributed by atoms with Crippen LogP contribution in [0, 0.1) is 0 Å². The van der Waals surface area contributed by atoms with Gasteiger partial charge in [0.05, 0.1) is 11.8 Å². The first-order chi connectivity index (χ1) is 11.3. The first-order valence-electron chi connectivity index (χ1n) is 8.32. The molecule has 4 heteroatoms. The lowest BCUT2D eigenvalue weighted by Gasteiger charge is -2.22. The van der Waals surface area contributed by atoms with E-state index in [1.165, 1.54) is 37.0 Å². The van der Waals surface area contributed by atoms with Gasteiger partial charge in [0, 0.05) is 10.1 Å². The summed E-state index contributed by atoms with van der Waals surface area (Å²) in [7, 11) is 0. The van der Waals surface area contributed by atoms with E-state index in [2.05, 4.69) is 28.9 Å². The molecule has 1 fully saturated rings. The van der Waals surface area contributed by atoms with E-state index in [9.17, 15) is 4.79 Å². The molecule has 1 aliphatic rings. The topological polar surface area (TPSA) is 29.1 Å². The van der Waals surface area contributed by atoms with Crippen molar-refractivity contribution < 1.29 is 4.79 Å². The lowest BCUT2D eigenvalue weighted by Crippen LogP contribution is -2.31. The number of amides is 1. The average Bonchev–Trinajstić information content (AvgIpc) is 3.14. The predicted octanol–water partition coefficient (Wildman–Crippen LogP) is 5.02. The Morgan fingerprint density at radius 1 is 1.13 bits per heavy atom. The maximum Gasteiger partial charge on any atom is 0.230 e. The summed E-state index contributed by atoms with van der Waals surface area (Å²) in [5, 5.41) is 5.96. The van der Waals surface area contributed by atoms with E-state index >= 15 is 0 Å². The smallest absolute Gasteiger partial charge is 0.230 e. The Labute approximate surface area is 146 Å². The second kappa shape index (κ2) is 8.55. The Balaban J connectivity index is 1.61. The van der Waals surface area contributed by atoms with E-state index in [1.807, 2.05) is 36.0 Å². The predicted molar refractivity (Wildman–Crippen MR) is 100 cm³/mol. The number of thiophene rings is 1. The number of nitrogens with one attached hydrogen (secondary N) is 1. The van der Waals surface area contributed by atoms with Crippen LogP contribution in [0.15, 0.2) is 47.8 Å². The Morgan fingerprint density at radius 2 is 1.91 bits per heavy atom. The molecular formula is C19H23NOS2. The first kappa shape index (κ1) is 16.6. The fourth-order valence-electron chi connectivity index (χ4n) is 3.05. The molecule has 122 valence electrons. The van der Waals surface area contributed by atoms with Gasteiger partial charge in [-0.15, -0.1) is 23.1 Å². The highest BCUT2D eigenvalue weighted by molar-refractivity contribution is 8.00. The van der Waals surface area contributed by atoms with Gasteiger partial charge >= 0.3 is 0 Å². The van der Waals surface area contributed by atoms with Crippen molar-refractivity contribution in [2.75, 3.05) is 5.75 Å². The van der Waals surface area contributed by atoms with E-state index in [0.717, 1.165) is 5.56 Å². The average molecular weight is 346 g/mol. The van der Waals surface area contributed by atoms with Gasteiger partial charge in [0.2, 0.25) is 5.91 Å². The number of rotatable bonds is 6. The normalized spacial score (nSPS) is 16.9. The van der Waals surface area contributed by atoms with E-state index < -0.39 is 0 Å². The van der Waals surface area contributed by atoms with Crippen LogP contribution in [0.4, 0.5) is 0 Å². The molecule has 2 nitrogen and oxygen atoms in total. The van der Waals surface area contributed by atoms with Gasteiger partial charge in [-0.25, -0.2) is 0 Å². The Kier molecular flexibility index (Phi) is 6.17. The maximum atomic E-state index is 12.4. The summed E-state index contributed by atoms with van der Waals surface area (Å²) in [5.74, 6) is 0.710. The lowest BCUT2D eigenvalue weighted by molar-refractivity contribution is -0.119. The van der Waals surface area contributed by atoms with Crippen LogP contribution in [0.5, 0.6) is 0 Å². The molecule has 3 rings (SSSR count). The van der Waals surface area contributed by atoms with Crippen LogP contribution in [0.2, 0.25) is 0 Å². The van der Waals surface area contributed by atoms with E-state index in [0.29, 0.717) is 11.0 Å².